The van der Waals surface area contributed by atoms with Crippen LogP contribution in [0.15, 0.2) is 18.2 Å². The number of esters is 1. The molecule has 1 saturated heterocycles. The summed E-state index contributed by atoms with van der Waals surface area (Å²) in [6, 6.07) is 6.08. The number of benzene rings is 1. The van der Waals surface area contributed by atoms with Crippen LogP contribution < -0.4 is 5.32 Å². The van der Waals surface area contributed by atoms with Crippen molar-refractivity contribution in [2.45, 2.75) is 44.6 Å². The van der Waals surface area contributed by atoms with E-state index in [1.165, 1.54) is 32.8 Å². The van der Waals surface area contributed by atoms with E-state index >= 15 is 0 Å². The summed E-state index contributed by atoms with van der Waals surface area (Å²) in [5, 5.41) is 4.19. The van der Waals surface area contributed by atoms with Crippen LogP contribution in [-0.4, -0.2) is 25.7 Å². The normalized spacial score (nSPS) is 23.0. The lowest BCUT2D eigenvalue weighted by molar-refractivity contribution is 0.0599. The van der Waals surface area contributed by atoms with Crippen LogP contribution >= 0.6 is 11.6 Å². The molecule has 1 unspecified atom stereocenters. The Morgan fingerprint density at radius 1 is 1.43 bits per heavy atom. The highest BCUT2D eigenvalue weighted by molar-refractivity contribution is 6.31. The molecular weight excluding hydrogens is 286 g/mol. The van der Waals surface area contributed by atoms with E-state index in [-0.39, 0.29) is 5.97 Å². The highest BCUT2D eigenvalue weighted by Crippen LogP contribution is 2.54. The van der Waals surface area contributed by atoms with E-state index in [0.29, 0.717) is 22.0 Å². The summed E-state index contributed by atoms with van der Waals surface area (Å²) in [5.74, 6) is -0.303. The fourth-order valence-corrected chi connectivity index (χ4v) is 3.64. The fourth-order valence-electron chi connectivity index (χ4n) is 3.47. The predicted molar refractivity (Wildman–Crippen MR) is 83.8 cm³/mol. The summed E-state index contributed by atoms with van der Waals surface area (Å²) in [4.78, 5) is 11.9. The van der Waals surface area contributed by atoms with Gasteiger partial charge >= 0.3 is 5.97 Å². The molecule has 1 aromatic carbocycles. The van der Waals surface area contributed by atoms with Crippen LogP contribution in [0.25, 0.3) is 0 Å². The largest absolute Gasteiger partial charge is 0.465 e. The number of halogens is 1. The minimum atomic E-state index is -0.303. The third kappa shape index (κ3) is 3.41. The number of piperidine rings is 1. The second-order valence-electron chi connectivity index (χ2n) is 6.44. The summed E-state index contributed by atoms with van der Waals surface area (Å²) in [5.41, 5.74) is 2.28. The Labute approximate surface area is 131 Å². The van der Waals surface area contributed by atoms with Crippen molar-refractivity contribution in [1.82, 2.24) is 5.32 Å². The van der Waals surface area contributed by atoms with Crippen molar-refractivity contribution in [1.29, 1.82) is 0 Å². The van der Waals surface area contributed by atoms with E-state index in [2.05, 4.69) is 5.32 Å². The van der Waals surface area contributed by atoms with Gasteiger partial charge < -0.3 is 10.1 Å². The molecule has 1 aromatic rings. The number of ether oxygens (including phenoxy) is 1. The number of methoxy groups -OCH3 is 1. The zero-order valence-electron chi connectivity index (χ0n) is 12.5. The van der Waals surface area contributed by atoms with Gasteiger partial charge in [0.1, 0.15) is 0 Å². The number of nitrogens with one attached hydrogen (secondary N) is 1. The average molecular weight is 308 g/mol. The van der Waals surface area contributed by atoms with Crippen molar-refractivity contribution in [2.75, 3.05) is 13.7 Å². The van der Waals surface area contributed by atoms with Crippen molar-refractivity contribution in [3.05, 3.63) is 34.3 Å². The first-order valence-corrected chi connectivity index (χ1v) is 8.10. The summed E-state index contributed by atoms with van der Waals surface area (Å²) in [6.07, 6.45) is 7.37. The first-order valence-electron chi connectivity index (χ1n) is 7.72. The van der Waals surface area contributed by atoms with E-state index in [4.69, 9.17) is 16.3 Å². The molecule has 0 aromatic heterocycles. The number of rotatable bonds is 4. The topological polar surface area (TPSA) is 38.3 Å². The molecule has 3 rings (SSSR count). The van der Waals surface area contributed by atoms with Gasteiger partial charge in [0.25, 0.3) is 0 Å². The van der Waals surface area contributed by atoms with Gasteiger partial charge in [-0.25, -0.2) is 4.79 Å². The molecule has 0 radical (unpaired) electrons. The third-order valence-electron chi connectivity index (χ3n) is 4.96. The van der Waals surface area contributed by atoms with Gasteiger partial charge in [0.05, 0.1) is 12.7 Å². The summed E-state index contributed by atoms with van der Waals surface area (Å²) >= 11 is 5.99. The predicted octanol–water partition coefficient (Wildman–Crippen LogP) is 3.59. The Hall–Kier alpha value is -1.06. The lowest BCUT2D eigenvalue weighted by atomic mass is 9.86. The van der Waals surface area contributed by atoms with Gasteiger partial charge in [0.2, 0.25) is 0 Å². The average Bonchev–Trinajstić information content (AvgIpc) is 3.24. The van der Waals surface area contributed by atoms with Gasteiger partial charge in [-0.1, -0.05) is 17.7 Å². The molecule has 0 amide bonds. The zero-order chi connectivity index (χ0) is 14.9. The maximum absolute atomic E-state index is 11.9. The molecule has 1 heterocycles. The molecule has 1 N–H and O–H groups in total. The zero-order valence-corrected chi connectivity index (χ0v) is 13.2. The van der Waals surface area contributed by atoms with Crippen molar-refractivity contribution < 1.29 is 9.53 Å². The Morgan fingerprint density at radius 2 is 2.24 bits per heavy atom. The molecule has 1 aliphatic carbocycles. The van der Waals surface area contributed by atoms with E-state index in [0.717, 1.165) is 24.9 Å². The van der Waals surface area contributed by atoms with Crippen LogP contribution in [0.1, 0.15) is 48.0 Å². The van der Waals surface area contributed by atoms with Gasteiger partial charge in [-0.2, -0.15) is 0 Å². The molecule has 3 nitrogen and oxygen atoms in total. The molecule has 114 valence electrons. The Balaban J connectivity index is 1.65. The fraction of sp³-hybridized carbons (Fsp3) is 0.588. The van der Waals surface area contributed by atoms with Crippen LogP contribution in [0, 0.1) is 5.41 Å². The van der Waals surface area contributed by atoms with Gasteiger partial charge in [-0.05, 0) is 68.2 Å². The van der Waals surface area contributed by atoms with Crippen LogP contribution in [0.2, 0.25) is 5.02 Å². The lowest BCUT2D eigenvalue weighted by Gasteiger charge is -2.30. The molecule has 1 aliphatic heterocycles. The first kappa shape index (κ1) is 14.9. The van der Waals surface area contributed by atoms with Crippen molar-refractivity contribution in [3.63, 3.8) is 0 Å². The maximum atomic E-state index is 11.9. The second kappa shape index (κ2) is 5.98. The van der Waals surface area contributed by atoms with Gasteiger partial charge in [-0.15, -0.1) is 0 Å². The van der Waals surface area contributed by atoms with E-state index in [1.54, 1.807) is 6.07 Å². The molecule has 0 bridgehead atoms. The van der Waals surface area contributed by atoms with Crippen molar-refractivity contribution >= 4 is 17.6 Å². The molecule has 21 heavy (non-hydrogen) atoms. The number of aryl methyl sites for hydroxylation is 1. The molecule has 1 spiro atoms. The van der Waals surface area contributed by atoms with Crippen LogP contribution in [0.3, 0.4) is 0 Å². The number of carbonyl (C=O) groups is 1. The van der Waals surface area contributed by atoms with Gasteiger partial charge in [-0.3, -0.25) is 0 Å². The number of carbonyl (C=O) groups excluding carboxylic acids is 1. The highest BCUT2D eigenvalue weighted by atomic mass is 35.5. The summed E-state index contributed by atoms with van der Waals surface area (Å²) < 4.78 is 4.85. The van der Waals surface area contributed by atoms with Crippen LogP contribution in [-0.2, 0) is 11.2 Å². The van der Waals surface area contributed by atoms with E-state index in [1.807, 2.05) is 12.1 Å². The standard InChI is InChI=1S/C17H22ClNO2/c1-21-16(20)15-10-13(18)4-2-12(15)3-5-14-11-17(6-7-17)8-9-19-14/h2,4,10,14,19H,3,5-9,11H2,1H3. The Kier molecular flexibility index (Phi) is 4.23. The number of hydrogen-bond donors (Lipinski definition) is 1. The number of hydrogen-bond acceptors (Lipinski definition) is 3. The Bertz CT molecular complexity index is 540. The van der Waals surface area contributed by atoms with Crippen LogP contribution in [0.5, 0.6) is 0 Å². The summed E-state index contributed by atoms with van der Waals surface area (Å²) in [7, 11) is 1.41. The van der Waals surface area contributed by atoms with Gasteiger partial charge in [0, 0.05) is 11.1 Å². The van der Waals surface area contributed by atoms with Gasteiger partial charge in [0.15, 0.2) is 0 Å². The van der Waals surface area contributed by atoms with E-state index in [9.17, 15) is 4.79 Å². The molecule has 2 fully saturated rings. The Morgan fingerprint density at radius 3 is 2.95 bits per heavy atom. The van der Waals surface area contributed by atoms with Crippen LogP contribution in [0.4, 0.5) is 0 Å². The minimum absolute atomic E-state index is 0.303. The highest BCUT2D eigenvalue weighted by Gasteiger charge is 2.45. The van der Waals surface area contributed by atoms with Crippen molar-refractivity contribution in [3.8, 4) is 0 Å². The molecule has 2 aliphatic rings. The van der Waals surface area contributed by atoms with Crippen molar-refractivity contribution in [2.24, 2.45) is 5.41 Å². The quantitative estimate of drug-likeness (QED) is 0.864. The smallest absolute Gasteiger partial charge is 0.338 e. The second-order valence-corrected chi connectivity index (χ2v) is 6.87. The third-order valence-corrected chi connectivity index (χ3v) is 5.20. The lowest BCUT2D eigenvalue weighted by Crippen LogP contribution is -2.39. The molecular formula is C17H22ClNO2. The van der Waals surface area contributed by atoms with E-state index < -0.39 is 0 Å². The molecule has 1 atom stereocenters. The monoisotopic (exact) mass is 307 g/mol. The minimum Gasteiger partial charge on any atom is -0.465 e. The maximum Gasteiger partial charge on any atom is 0.338 e. The molecule has 1 saturated carbocycles. The SMILES string of the molecule is COC(=O)c1cc(Cl)ccc1CCC1CC2(CCN1)CC2. The summed E-state index contributed by atoms with van der Waals surface area (Å²) in [6.45, 7) is 1.13. The first-order chi connectivity index (χ1) is 10.1. The molecule has 4 heteroatoms.